The summed E-state index contributed by atoms with van der Waals surface area (Å²) >= 11 is 0. The van der Waals surface area contributed by atoms with Gasteiger partial charge < -0.3 is 4.57 Å². The van der Waals surface area contributed by atoms with E-state index in [1.807, 2.05) is 36.4 Å². The maximum Gasteiger partial charge on any atom is 0.164 e. The molecule has 0 spiro atoms. The van der Waals surface area contributed by atoms with Gasteiger partial charge in [-0.25, -0.2) is 15.0 Å². The first-order chi connectivity index (χ1) is 28.3. The number of rotatable bonds is 5. The van der Waals surface area contributed by atoms with Crippen molar-refractivity contribution in [1.82, 2.24) is 19.5 Å². The van der Waals surface area contributed by atoms with Crippen LogP contribution in [0.4, 0.5) is 0 Å². The molecule has 4 heteroatoms. The minimum absolute atomic E-state index is 0.647. The number of hydrogen-bond donors (Lipinski definition) is 0. The topological polar surface area (TPSA) is 43.6 Å². The second-order valence-electron chi connectivity index (χ2n) is 14.7. The van der Waals surface area contributed by atoms with Crippen LogP contribution in [0.1, 0.15) is 0 Å². The number of benzene rings is 10. The molecule has 0 aliphatic carbocycles. The van der Waals surface area contributed by atoms with E-state index in [-0.39, 0.29) is 0 Å². The lowest BCUT2D eigenvalue weighted by Crippen LogP contribution is -2.00. The van der Waals surface area contributed by atoms with Gasteiger partial charge in [0, 0.05) is 38.5 Å². The molecule has 264 valence electrons. The summed E-state index contributed by atoms with van der Waals surface area (Å²) in [5.41, 5.74) is 8.77. The standard InChI is InChI=1S/C53H32N4/c1-4-16-33(17-5-1)51-54-52(34-18-6-2-7-19-34)56-53(55-51)44-29-28-38(40-24-12-13-25-41(40)44)36-31-45-42-26-14-15-27-43(42)46-30-35-20-10-11-23-39(35)50-49(46)48(45)47(32-36)57(50)37-21-8-3-9-22-37/h1-32H. The summed E-state index contributed by atoms with van der Waals surface area (Å²) in [6.07, 6.45) is 0. The molecule has 0 aliphatic heterocycles. The minimum atomic E-state index is 0.647. The Morgan fingerprint density at radius 3 is 1.46 bits per heavy atom. The first kappa shape index (κ1) is 31.6. The number of fused-ring (bicyclic) bond motifs is 6. The SMILES string of the molecule is c1ccc(-c2nc(-c3ccccc3)nc(-c3ccc(-c4cc5c6ccccc6c6cc7ccccc7c7c6c5c(c4)n7-c4ccccc4)c4ccccc34)n2)cc1. The molecule has 0 saturated heterocycles. The van der Waals surface area contributed by atoms with Gasteiger partial charge in [-0.3, -0.25) is 0 Å². The van der Waals surface area contributed by atoms with Crippen molar-refractivity contribution in [2.24, 2.45) is 0 Å². The molecule has 0 amide bonds. The summed E-state index contributed by atoms with van der Waals surface area (Å²) < 4.78 is 2.49. The fraction of sp³-hybridized carbons (Fsp3) is 0. The van der Waals surface area contributed by atoms with Gasteiger partial charge in [0.25, 0.3) is 0 Å². The van der Waals surface area contributed by atoms with Gasteiger partial charge in [-0.15, -0.1) is 0 Å². The second kappa shape index (κ2) is 12.4. The highest BCUT2D eigenvalue weighted by atomic mass is 15.0. The van der Waals surface area contributed by atoms with Gasteiger partial charge in [-0.05, 0) is 85.2 Å². The number of hydrogen-bond acceptors (Lipinski definition) is 3. The maximum atomic E-state index is 5.12. The van der Waals surface area contributed by atoms with Crippen LogP contribution in [0.3, 0.4) is 0 Å². The van der Waals surface area contributed by atoms with Crippen LogP contribution in [0, 0.1) is 0 Å². The summed E-state index contributed by atoms with van der Waals surface area (Å²) in [5.74, 6) is 1.95. The van der Waals surface area contributed by atoms with Gasteiger partial charge in [0.1, 0.15) is 0 Å². The van der Waals surface area contributed by atoms with Crippen LogP contribution in [0.2, 0.25) is 0 Å². The number of nitrogens with zero attached hydrogens (tertiary/aromatic N) is 4. The van der Waals surface area contributed by atoms with Crippen molar-refractivity contribution in [1.29, 1.82) is 0 Å². The van der Waals surface area contributed by atoms with E-state index < -0.39 is 0 Å². The predicted molar refractivity (Wildman–Crippen MR) is 237 cm³/mol. The molecule has 12 rings (SSSR count). The highest BCUT2D eigenvalue weighted by Crippen LogP contribution is 2.48. The fourth-order valence-electron chi connectivity index (χ4n) is 9.05. The van der Waals surface area contributed by atoms with Gasteiger partial charge >= 0.3 is 0 Å². The van der Waals surface area contributed by atoms with Gasteiger partial charge in [-0.2, -0.15) is 0 Å². The Morgan fingerprint density at radius 1 is 0.316 bits per heavy atom. The van der Waals surface area contributed by atoms with Crippen molar-refractivity contribution in [2.75, 3.05) is 0 Å². The maximum absolute atomic E-state index is 5.12. The zero-order valence-corrected chi connectivity index (χ0v) is 30.8. The Bertz CT molecular complexity index is 3440. The normalized spacial score (nSPS) is 11.9. The lowest BCUT2D eigenvalue weighted by atomic mass is 9.89. The predicted octanol–water partition coefficient (Wildman–Crippen LogP) is 13.7. The summed E-state index contributed by atoms with van der Waals surface area (Å²) in [6, 6.07) is 69.2. The van der Waals surface area contributed by atoms with E-state index in [9.17, 15) is 0 Å². The van der Waals surface area contributed by atoms with E-state index in [0.717, 1.165) is 44.3 Å². The Balaban J connectivity index is 1.16. The summed E-state index contributed by atoms with van der Waals surface area (Å²) in [5, 5.41) is 12.4. The Kier molecular flexibility index (Phi) is 6.89. The lowest BCUT2D eigenvalue weighted by molar-refractivity contribution is 1.08. The van der Waals surface area contributed by atoms with Gasteiger partial charge in [0.05, 0.1) is 11.0 Å². The van der Waals surface area contributed by atoms with Crippen LogP contribution in [0.15, 0.2) is 194 Å². The van der Waals surface area contributed by atoms with Crippen LogP contribution in [0.25, 0.3) is 116 Å². The molecule has 0 saturated carbocycles. The zero-order valence-electron chi connectivity index (χ0n) is 30.8. The average molecular weight is 725 g/mol. The van der Waals surface area contributed by atoms with Crippen molar-refractivity contribution in [3.8, 4) is 51.0 Å². The summed E-state index contributed by atoms with van der Waals surface area (Å²) in [6.45, 7) is 0. The molecule has 2 aromatic heterocycles. The van der Waals surface area contributed by atoms with Crippen molar-refractivity contribution in [2.45, 2.75) is 0 Å². The Hall–Kier alpha value is -7.69. The van der Waals surface area contributed by atoms with Crippen molar-refractivity contribution >= 4 is 64.9 Å². The molecular weight excluding hydrogens is 693 g/mol. The third-order valence-corrected chi connectivity index (χ3v) is 11.6. The first-order valence-corrected chi connectivity index (χ1v) is 19.4. The molecule has 0 bridgehead atoms. The molecule has 57 heavy (non-hydrogen) atoms. The highest BCUT2D eigenvalue weighted by Gasteiger charge is 2.24. The molecule has 12 aromatic rings. The highest BCUT2D eigenvalue weighted by molar-refractivity contribution is 6.38. The van der Waals surface area contributed by atoms with Crippen LogP contribution in [0.5, 0.6) is 0 Å². The van der Waals surface area contributed by atoms with E-state index in [1.54, 1.807) is 0 Å². The van der Waals surface area contributed by atoms with Crippen LogP contribution < -0.4 is 0 Å². The van der Waals surface area contributed by atoms with Crippen molar-refractivity contribution < 1.29 is 0 Å². The fourth-order valence-corrected chi connectivity index (χ4v) is 9.05. The molecule has 0 aliphatic rings. The van der Waals surface area contributed by atoms with E-state index in [0.29, 0.717) is 17.5 Å². The van der Waals surface area contributed by atoms with Gasteiger partial charge in [0.15, 0.2) is 17.5 Å². The molecule has 0 atom stereocenters. The van der Waals surface area contributed by atoms with Crippen LogP contribution in [-0.4, -0.2) is 19.5 Å². The molecule has 4 nitrogen and oxygen atoms in total. The van der Waals surface area contributed by atoms with Crippen molar-refractivity contribution in [3.05, 3.63) is 194 Å². The largest absolute Gasteiger partial charge is 0.309 e. The van der Waals surface area contributed by atoms with E-state index in [1.165, 1.54) is 54.1 Å². The van der Waals surface area contributed by atoms with Crippen LogP contribution in [-0.2, 0) is 0 Å². The lowest BCUT2D eigenvalue weighted by Gasteiger charge is -2.15. The second-order valence-corrected chi connectivity index (χ2v) is 14.7. The van der Waals surface area contributed by atoms with Gasteiger partial charge in [-0.1, -0.05) is 158 Å². The van der Waals surface area contributed by atoms with Gasteiger partial charge in [0.2, 0.25) is 0 Å². The van der Waals surface area contributed by atoms with E-state index >= 15 is 0 Å². The molecule has 0 radical (unpaired) electrons. The minimum Gasteiger partial charge on any atom is -0.309 e. The smallest absolute Gasteiger partial charge is 0.164 e. The molecule has 0 unspecified atom stereocenters. The van der Waals surface area contributed by atoms with E-state index in [4.69, 9.17) is 15.0 Å². The number of para-hydroxylation sites is 1. The molecule has 10 aromatic carbocycles. The summed E-state index contributed by atoms with van der Waals surface area (Å²) in [4.78, 5) is 15.2. The van der Waals surface area contributed by atoms with Crippen molar-refractivity contribution in [3.63, 3.8) is 0 Å². The summed E-state index contributed by atoms with van der Waals surface area (Å²) in [7, 11) is 0. The third kappa shape index (κ3) is 4.84. The Morgan fingerprint density at radius 2 is 0.807 bits per heavy atom. The zero-order chi connectivity index (χ0) is 37.5. The molecule has 0 fully saturated rings. The molecule has 2 heterocycles. The molecular formula is C53H32N4. The van der Waals surface area contributed by atoms with Crippen LogP contribution >= 0.6 is 0 Å². The van der Waals surface area contributed by atoms with E-state index in [2.05, 4.69) is 162 Å². The average Bonchev–Trinajstić information content (AvgIpc) is 3.64. The monoisotopic (exact) mass is 724 g/mol. The Labute approximate surface area is 328 Å². The third-order valence-electron chi connectivity index (χ3n) is 11.6. The quantitative estimate of drug-likeness (QED) is 0.131. The molecule has 0 N–H and O–H groups in total. The first-order valence-electron chi connectivity index (χ1n) is 19.4. The number of aromatic nitrogens is 4.